The van der Waals surface area contributed by atoms with Gasteiger partial charge in [0.25, 0.3) is 21.9 Å². The molecule has 0 fully saturated rings. The third-order valence-electron chi connectivity index (χ3n) is 2.65. The first-order valence-corrected chi connectivity index (χ1v) is 7.08. The number of aryl methyl sites for hydroxylation is 1. The maximum atomic E-state index is 11.4. The van der Waals surface area contributed by atoms with Crippen molar-refractivity contribution in [3.8, 4) is 0 Å². The molecule has 0 spiro atoms. The molecule has 0 radical (unpaired) electrons. The van der Waals surface area contributed by atoms with E-state index in [4.69, 9.17) is 4.55 Å². The average molecular weight is 281 g/mol. The minimum absolute atomic E-state index is 0.166. The number of amides is 2. The van der Waals surface area contributed by atoms with Gasteiger partial charge in [-0.25, -0.2) is 4.90 Å². The number of carbonyl (C=O) groups excluding carboxylic acids is 2. The maximum absolute atomic E-state index is 11.4. The number of hydrogen-bond acceptors (Lipinski definition) is 4. The van der Waals surface area contributed by atoms with Gasteiger partial charge >= 0.3 is 0 Å². The van der Waals surface area contributed by atoms with E-state index in [2.05, 4.69) is 0 Å². The predicted molar refractivity (Wildman–Crippen MR) is 68.2 cm³/mol. The normalized spacial score (nSPS) is 15.3. The second kappa shape index (κ2) is 4.94. The highest BCUT2D eigenvalue weighted by Gasteiger charge is 2.24. The molecular formula is C12H11NO5S. The first-order chi connectivity index (χ1) is 8.87. The summed E-state index contributed by atoms with van der Waals surface area (Å²) < 4.78 is 29.9. The number of hydrogen-bond donors (Lipinski definition) is 1. The molecule has 1 N–H and O–H groups in total. The Hall–Kier alpha value is -1.99. The van der Waals surface area contributed by atoms with Crippen LogP contribution in [0, 0.1) is 0 Å². The fourth-order valence-corrected chi connectivity index (χ4v) is 2.21. The van der Waals surface area contributed by atoms with Crippen molar-refractivity contribution >= 4 is 27.6 Å². The van der Waals surface area contributed by atoms with E-state index in [-0.39, 0.29) is 12.2 Å². The van der Waals surface area contributed by atoms with Crippen LogP contribution in [0.2, 0.25) is 0 Å². The molecule has 0 saturated heterocycles. The van der Waals surface area contributed by atoms with Crippen molar-refractivity contribution in [3.05, 3.63) is 42.0 Å². The Morgan fingerprint density at radius 2 is 1.53 bits per heavy atom. The summed E-state index contributed by atoms with van der Waals surface area (Å²) in [7, 11) is -3.99. The molecule has 2 amide bonds. The zero-order chi connectivity index (χ0) is 14.0. The highest BCUT2D eigenvalue weighted by Crippen LogP contribution is 2.19. The van der Waals surface area contributed by atoms with E-state index < -0.39 is 21.9 Å². The van der Waals surface area contributed by atoms with Gasteiger partial charge in [-0.05, 0) is 24.1 Å². The lowest BCUT2D eigenvalue weighted by atomic mass is 10.1. The standard InChI is InChI=1S/C12H11NO5S/c14-11-5-6-12(15)13(11)10-3-1-9(2-4-10)7-8-19(16,17)18/h1-6H,7-8H2,(H,16,17,18). The topological polar surface area (TPSA) is 91.8 Å². The van der Waals surface area contributed by atoms with Crippen LogP contribution < -0.4 is 4.90 Å². The van der Waals surface area contributed by atoms with Gasteiger partial charge in [-0.3, -0.25) is 14.1 Å². The molecule has 7 heteroatoms. The van der Waals surface area contributed by atoms with E-state index in [1.54, 1.807) is 24.3 Å². The zero-order valence-electron chi connectivity index (χ0n) is 9.81. The summed E-state index contributed by atoms with van der Waals surface area (Å²) in [5.74, 6) is -1.18. The molecule has 0 aliphatic carbocycles. The number of nitrogens with zero attached hydrogens (tertiary/aromatic N) is 1. The minimum Gasteiger partial charge on any atom is -0.286 e. The van der Waals surface area contributed by atoms with E-state index >= 15 is 0 Å². The highest BCUT2D eigenvalue weighted by molar-refractivity contribution is 7.85. The van der Waals surface area contributed by atoms with Gasteiger partial charge in [0.1, 0.15) is 0 Å². The molecule has 100 valence electrons. The summed E-state index contributed by atoms with van der Waals surface area (Å²) in [6.45, 7) is 0. The summed E-state index contributed by atoms with van der Waals surface area (Å²) in [6, 6.07) is 6.34. The summed E-state index contributed by atoms with van der Waals surface area (Å²) in [6.07, 6.45) is 2.54. The number of anilines is 1. The predicted octanol–water partition coefficient (Wildman–Crippen LogP) is 0.546. The first-order valence-electron chi connectivity index (χ1n) is 5.47. The molecule has 1 aliphatic heterocycles. The summed E-state index contributed by atoms with van der Waals surface area (Å²) >= 11 is 0. The second-order valence-electron chi connectivity index (χ2n) is 4.05. The van der Waals surface area contributed by atoms with Crippen LogP contribution in [0.3, 0.4) is 0 Å². The summed E-state index contributed by atoms with van der Waals surface area (Å²) in [5, 5.41) is 0. The highest BCUT2D eigenvalue weighted by atomic mass is 32.2. The largest absolute Gasteiger partial charge is 0.286 e. The van der Waals surface area contributed by atoms with Crippen LogP contribution in [0.25, 0.3) is 0 Å². The number of benzene rings is 1. The van der Waals surface area contributed by atoms with Gasteiger partial charge < -0.3 is 0 Å². The van der Waals surface area contributed by atoms with Crippen molar-refractivity contribution < 1.29 is 22.6 Å². The molecule has 0 aromatic heterocycles. The number of imide groups is 1. The SMILES string of the molecule is O=C1C=CC(=O)N1c1ccc(CCS(=O)(=O)O)cc1. The van der Waals surface area contributed by atoms with Gasteiger partial charge in [0.2, 0.25) is 0 Å². The van der Waals surface area contributed by atoms with Crippen molar-refractivity contribution in [2.45, 2.75) is 6.42 Å². The first kappa shape index (κ1) is 13.4. The fraction of sp³-hybridized carbons (Fsp3) is 0.167. The lowest BCUT2D eigenvalue weighted by molar-refractivity contribution is -0.119. The van der Waals surface area contributed by atoms with E-state index in [0.717, 1.165) is 4.90 Å². The zero-order valence-corrected chi connectivity index (χ0v) is 10.6. The van der Waals surface area contributed by atoms with Crippen LogP contribution >= 0.6 is 0 Å². The minimum atomic E-state index is -3.99. The van der Waals surface area contributed by atoms with Gasteiger partial charge in [-0.15, -0.1) is 0 Å². The van der Waals surface area contributed by atoms with Crippen LogP contribution in [0.15, 0.2) is 36.4 Å². The number of rotatable bonds is 4. The van der Waals surface area contributed by atoms with Crippen LogP contribution in [0.1, 0.15) is 5.56 Å². The summed E-state index contributed by atoms with van der Waals surface area (Å²) in [4.78, 5) is 23.9. The molecule has 1 aliphatic rings. The molecule has 1 heterocycles. The van der Waals surface area contributed by atoms with Gasteiger partial charge in [0, 0.05) is 12.2 Å². The van der Waals surface area contributed by atoms with Gasteiger partial charge in [-0.2, -0.15) is 8.42 Å². The maximum Gasteiger partial charge on any atom is 0.265 e. The number of carbonyl (C=O) groups is 2. The molecule has 0 atom stereocenters. The Kier molecular flexibility index (Phi) is 3.50. The average Bonchev–Trinajstić information content (AvgIpc) is 2.67. The van der Waals surface area contributed by atoms with Crippen LogP contribution in [0.4, 0.5) is 5.69 Å². The second-order valence-corrected chi connectivity index (χ2v) is 5.62. The molecule has 2 rings (SSSR count). The molecule has 0 saturated carbocycles. The van der Waals surface area contributed by atoms with Crippen LogP contribution in [0.5, 0.6) is 0 Å². The lowest BCUT2D eigenvalue weighted by Crippen LogP contribution is -2.29. The Bertz CT molecular complexity index is 627. The molecule has 19 heavy (non-hydrogen) atoms. The summed E-state index contributed by atoms with van der Waals surface area (Å²) in [5.41, 5.74) is 1.11. The van der Waals surface area contributed by atoms with Gasteiger partial charge in [0.15, 0.2) is 0 Å². The smallest absolute Gasteiger partial charge is 0.265 e. The molecule has 6 nitrogen and oxygen atoms in total. The van der Waals surface area contributed by atoms with Gasteiger partial charge in [0.05, 0.1) is 11.4 Å². The lowest BCUT2D eigenvalue weighted by Gasteiger charge is -2.14. The van der Waals surface area contributed by atoms with Crippen LogP contribution in [-0.2, 0) is 26.1 Å². The molecule has 0 bridgehead atoms. The van der Waals surface area contributed by atoms with Crippen molar-refractivity contribution in [2.24, 2.45) is 0 Å². The molecule has 1 aromatic rings. The quantitative estimate of drug-likeness (QED) is 0.642. The van der Waals surface area contributed by atoms with Crippen molar-refractivity contribution in [1.82, 2.24) is 0 Å². The fourth-order valence-electron chi connectivity index (χ4n) is 1.71. The Morgan fingerprint density at radius 1 is 1.00 bits per heavy atom. The molecule has 1 aromatic carbocycles. The van der Waals surface area contributed by atoms with E-state index in [0.29, 0.717) is 11.3 Å². The third kappa shape index (κ3) is 3.27. The Labute approximate surface area is 110 Å². The van der Waals surface area contributed by atoms with E-state index in [1.165, 1.54) is 12.2 Å². The van der Waals surface area contributed by atoms with Crippen LogP contribution in [-0.4, -0.2) is 30.5 Å². The van der Waals surface area contributed by atoms with E-state index in [1.807, 2.05) is 0 Å². The molecular weight excluding hydrogens is 270 g/mol. The Morgan fingerprint density at radius 3 is 2.00 bits per heavy atom. The third-order valence-corrected chi connectivity index (χ3v) is 3.37. The molecule has 0 unspecified atom stereocenters. The van der Waals surface area contributed by atoms with E-state index in [9.17, 15) is 18.0 Å². The van der Waals surface area contributed by atoms with Crippen molar-refractivity contribution in [3.63, 3.8) is 0 Å². The monoisotopic (exact) mass is 281 g/mol. The van der Waals surface area contributed by atoms with Crippen molar-refractivity contribution in [1.29, 1.82) is 0 Å². The van der Waals surface area contributed by atoms with Crippen molar-refractivity contribution in [2.75, 3.05) is 10.7 Å². The van der Waals surface area contributed by atoms with Gasteiger partial charge in [-0.1, -0.05) is 12.1 Å². The Balaban J connectivity index is 2.11.